The van der Waals surface area contributed by atoms with Crippen LogP contribution < -0.4 is 10.8 Å². The van der Waals surface area contributed by atoms with Crippen LogP contribution in [-0.2, 0) is 20.7 Å². The lowest BCUT2D eigenvalue weighted by Gasteiger charge is -2.32. The first kappa shape index (κ1) is 21.9. The summed E-state index contributed by atoms with van der Waals surface area (Å²) in [6, 6.07) is 11.5. The summed E-state index contributed by atoms with van der Waals surface area (Å²) < 4.78 is 17.3. The van der Waals surface area contributed by atoms with Crippen molar-refractivity contribution in [3.8, 4) is 11.8 Å². The van der Waals surface area contributed by atoms with Crippen LogP contribution in [0.3, 0.4) is 0 Å². The highest BCUT2D eigenvalue weighted by Crippen LogP contribution is 2.36. The number of aromatic nitrogens is 1. The summed E-state index contributed by atoms with van der Waals surface area (Å²) in [5.41, 5.74) is 1.75. The van der Waals surface area contributed by atoms with E-state index in [0.717, 1.165) is 16.6 Å². The molecule has 2 aromatic rings. The standard InChI is InChI=1S/C23H27BN2O4/c1-22(2)23(3,4)30-24(29-22)20-14-19(15-25-16-20)12-8-9-13-26-21(27)28-17-18-10-6-5-7-11-18/h5-7,10-11,14-16H,9,13,17H2,1-4H3,(H,26,27). The molecule has 1 saturated heterocycles. The van der Waals surface area contributed by atoms with Gasteiger partial charge in [-0.1, -0.05) is 42.2 Å². The Bertz CT molecular complexity index is 919. The third-order valence-electron chi connectivity index (χ3n) is 5.25. The Morgan fingerprint density at radius 1 is 1.13 bits per heavy atom. The van der Waals surface area contributed by atoms with Gasteiger partial charge in [0, 0.05) is 36.4 Å². The third kappa shape index (κ3) is 5.62. The number of rotatable bonds is 5. The van der Waals surface area contributed by atoms with E-state index in [1.54, 1.807) is 12.4 Å². The van der Waals surface area contributed by atoms with E-state index in [9.17, 15) is 4.79 Å². The molecule has 0 atom stereocenters. The molecule has 1 aliphatic rings. The number of hydrogen-bond donors (Lipinski definition) is 1. The van der Waals surface area contributed by atoms with E-state index >= 15 is 0 Å². The normalized spacial score (nSPS) is 16.5. The molecule has 0 unspecified atom stereocenters. The van der Waals surface area contributed by atoms with Crippen LogP contribution in [-0.4, -0.2) is 35.9 Å². The van der Waals surface area contributed by atoms with Gasteiger partial charge < -0.3 is 19.4 Å². The lowest BCUT2D eigenvalue weighted by Crippen LogP contribution is -2.41. The Kier molecular flexibility index (Phi) is 6.81. The number of hydrogen-bond acceptors (Lipinski definition) is 5. The lowest BCUT2D eigenvalue weighted by molar-refractivity contribution is 0.00578. The molecular weight excluding hydrogens is 379 g/mol. The minimum absolute atomic E-state index is 0.246. The molecule has 1 N–H and O–H groups in total. The second-order valence-electron chi connectivity index (χ2n) is 8.14. The summed E-state index contributed by atoms with van der Waals surface area (Å²) in [4.78, 5) is 16.0. The van der Waals surface area contributed by atoms with E-state index < -0.39 is 24.4 Å². The van der Waals surface area contributed by atoms with Crippen LogP contribution in [0.1, 0.15) is 45.2 Å². The third-order valence-corrected chi connectivity index (χ3v) is 5.25. The monoisotopic (exact) mass is 406 g/mol. The van der Waals surface area contributed by atoms with Crippen LogP contribution in [0.25, 0.3) is 0 Å². The first-order chi connectivity index (χ1) is 14.3. The van der Waals surface area contributed by atoms with E-state index in [0.29, 0.717) is 13.0 Å². The van der Waals surface area contributed by atoms with E-state index in [1.165, 1.54) is 0 Å². The highest BCUT2D eigenvalue weighted by Gasteiger charge is 2.51. The fourth-order valence-electron chi connectivity index (χ4n) is 2.80. The van der Waals surface area contributed by atoms with E-state index in [-0.39, 0.29) is 6.61 Å². The second-order valence-corrected chi connectivity index (χ2v) is 8.14. The predicted molar refractivity (Wildman–Crippen MR) is 116 cm³/mol. The number of pyridine rings is 1. The Hall–Kier alpha value is -2.82. The van der Waals surface area contributed by atoms with Crippen LogP contribution in [0.15, 0.2) is 48.8 Å². The van der Waals surface area contributed by atoms with Crippen LogP contribution in [0, 0.1) is 11.8 Å². The summed E-state index contributed by atoms with van der Waals surface area (Å²) in [7, 11) is -0.467. The first-order valence-electron chi connectivity index (χ1n) is 10.0. The van der Waals surface area contributed by atoms with Gasteiger partial charge >= 0.3 is 13.2 Å². The number of alkyl carbamates (subject to hydrolysis) is 1. The molecule has 2 heterocycles. The van der Waals surface area contributed by atoms with Crippen molar-refractivity contribution in [2.75, 3.05) is 6.54 Å². The summed E-state index contributed by atoms with van der Waals surface area (Å²) in [5.74, 6) is 6.11. The van der Waals surface area contributed by atoms with E-state index in [4.69, 9.17) is 14.0 Å². The summed E-state index contributed by atoms with van der Waals surface area (Å²) in [5, 5.41) is 2.69. The minimum Gasteiger partial charge on any atom is -0.445 e. The van der Waals surface area contributed by atoms with Gasteiger partial charge in [0.2, 0.25) is 0 Å². The summed E-state index contributed by atoms with van der Waals surface area (Å²) in [6.07, 6.45) is 3.48. The molecular formula is C23H27BN2O4. The van der Waals surface area contributed by atoms with Crippen LogP contribution in [0.2, 0.25) is 0 Å². The van der Waals surface area contributed by atoms with Crippen molar-refractivity contribution in [2.45, 2.75) is 51.9 Å². The Morgan fingerprint density at radius 2 is 1.83 bits per heavy atom. The molecule has 0 radical (unpaired) electrons. The maximum absolute atomic E-state index is 11.7. The van der Waals surface area contributed by atoms with Crippen molar-refractivity contribution >= 4 is 18.7 Å². The molecule has 156 valence electrons. The van der Waals surface area contributed by atoms with Crippen LogP contribution in [0.5, 0.6) is 0 Å². The molecule has 6 nitrogen and oxygen atoms in total. The molecule has 1 fully saturated rings. The smallest absolute Gasteiger partial charge is 0.445 e. The van der Waals surface area contributed by atoms with Gasteiger partial charge in [-0.2, -0.15) is 0 Å². The predicted octanol–water partition coefficient (Wildman–Crippen LogP) is 3.05. The molecule has 3 rings (SSSR count). The van der Waals surface area contributed by atoms with Gasteiger partial charge in [0.1, 0.15) is 6.61 Å². The van der Waals surface area contributed by atoms with Crippen LogP contribution in [0.4, 0.5) is 4.79 Å². The van der Waals surface area contributed by atoms with Crippen molar-refractivity contribution in [1.29, 1.82) is 0 Å². The number of carbonyl (C=O) groups is 1. The minimum atomic E-state index is -0.467. The number of nitrogens with one attached hydrogen (secondary N) is 1. The molecule has 1 aliphatic heterocycles. The molecule has 1 aromatic carbocycles. The highest BCUT2D eigenvalue weighted by molar-refractivity contribution is 6.62. The molecule has 1 aromatic heterocycles. The average Bonchev–Trinajstić information content (AvgIpc) is 2.94. The fourth-order valence-corrected chi connectivity index (χ4v) is 2.80. The maximum atomic E-state index is 11.7. The molecule has 1 amide bonds. The van der Waals surface area contributed by atoms with Crippen molar-refractivity contribution in [3.05, 3.63) is 59.9 Å². The molecule has 7 heteroatoms. The number of carbonyl (C=O) groups excluding carboxylic acids is 1. The van der Waals surface area contributed by atoms with Gasteiger partial charge in [0.05, 0.1) is 11.2 Å². The summed E-state index contributed by atoms with van der Waals surface area (Å²) in [6.45, 7) is 8.72. The SMILES string of the molecule is CC1(C)OB(c2cncc(C#CCCNC(=O)OCc3ccccc3)c2)OC1(C)C. The van der Waals surface area contributed by atoms with Crippen molar-refractivity contribution < 1.29 is 18.8 Å². The fraction of sp³-hybridized carbons (Fsp3) is 0.391. The quantitative estimate of drug-likeness (QED) is 0.470. The first-order valence-corrected chi connectivity index (χ1v) is 10.0. The lowest BCUT2D eigenvalue weighted by atomic mass is 9.80. The Labute approximate surface area is 178 Å². The number of amides is 1. The Balaban J connectivity index is 1.45. The molecule has 0 bridgehead atoms. The molecule has 0 spiro atoms. The van der Waals surface area contributed by atoms with E-state index in [1.807, 2.05) is 64.1 Å². The van der Waals surface area contributed by atoms with Gasteiger partial charge in [-0.25, -0.2) is 4.79 Å². The number of ether oxygens (including phenoxy) is 1. The maximum Gasteiger partial charge on any atom is 0.496 e. The van der Waals surface area contributed by atoms with Crippen LogP contribution >= 0.6 is 0 Å². The highest BCUT2D eigenvalue weighted by atomic mass is 16.7. The van der Waals surface area contributed by atoms with Gasteiger partial charge in [-0.15, -0.1) is 0 Å². The number of benzene rings is 1. The van der Waals surface area contributed by atoms with Gasteiger partial charge in [0.15, 0.2) is 0 Å². The number of nitrogens with zero attached hydrogens (tertiary/aromatic N) is 1. The van der Waals surface area contributed by atoms with Gasteiger partial charge in [-0.05, 0) is 39.3 Å². The molecule has 0 saturated carbocycles. The van der Waals surface area contributed by atoms with Gasteiger partial charge in [0.25, 0.3) is 0 Å². The van der Waals surface area contributed by atoms with Crippen molar-refractivity contribution in [1.82, 2.24) is 10.3 Å². The van der Waals surface area contributed by atoms with Gasteiger partial charge in [-0.3, -0.25) is 4.98 Å². The van der Waals surface area contributed by atoms with E-state index in [2.05, 4.69) is 22.1 Å². The molecule has 0 aliphatic carbocycles. The second kappa shape index (κ2) is 9.33. The zero-order chi connectivity index (χ0) is 21.6. The Morgan fingerprint density at radius 3 is 2.53 bits per heavy atom. The average molecular weight is 406 g/mol. The zero-order valence-corrected chi connectivity index (χ0v) is 17.9. The zero-order valence-electron chi connectivity index (χ0n) is 17.9. The topological polar surface area (TPSA) is 69.7 Å². The molecule has 30 heavy (non-hydrogen) atoms. The van der Waals surface area contributed by atoms with Crippen molar-refractivity contribution in [3.63, 3.8) is 0 Å². The summed E-state index contributed by atoms with van der Waals surface area (Å²) >= 11 is 0. The van der Waals surface area contributed by atoms with Crippen molar-refractivity contribution in [2.24, 2.45) is 0 Å². The largest absolute Gasteiger partial charge is 0.496 e.